The number of hydrazine groups is 1. The molecular weight excluding hydrogens is 260 g/mol. The van der Waals surface area contributed by atoms with Crippen molar-refractivity contribution in [3.05, 3.63) is 28.8 Å². The third-order valence-electron chi connectivity index (χ3n) is 4.46. The van der Waals surface area contributed by atoms with Gasteiger partial charge in [-0.15, -0.1) is 0 Å². The lowest BCUT2D eigenvalue weighted by Crippen LogP contribution is -2.37. The van der Waals surface area contributed by atoms with E-state index in [0.717, 1.165) is 5.56 Å². The Labute approximate surface area is 120 Å². The van der Waals surface area contributed by atoms with Crippen LogP contribution in [-0.2, 0) is 0 Å². The van der Waals surface area contributed by atoms with Gasteiger partial charge in [0, 0.05) is 6.04 Å². The van der Waals surface area contributed by atoms with E-state index in [9.17, 15) is 0 Å². The van der Waals surface area contributed by atoms with Crippen molar-refractivity contribution in [1.82, 2.24) is 5.43 Å². The monoisotopic (exact) mass is 282 g/mol. The highest BCUT2D eigenvalue weighted by atomic mass is 35.5. The first-order valence-corrected chi connectivity index (χ1v) is 7.17. The van der Waals surface area contributed by atoms with E-state index in [2.05, 4.69) is 19.3 Å². The minimum atomic E-state index is 0.142. The molecule has 19 heavy (non-hydrogen) atoms. The molecule has 1 saturated carbocycles. The fourth-order valence-electron chi connectivity index (χ4n) is 3.29. The molecule has 1 fully saturated rings. The molecule has 0 aromatic heterocycles. The predicted octanol–water partition coefficient (Wildman–Crippen LogP) is 3.68. The molecule has 0 saturated heterocycles. The van der Waals surface area contributed by atoms with Gasteiger partial charge in [-0.25, -0.2) is 0 Å². The van der Waals surface area contributed by atoms with Gasteiger partial charge in [0.15, 0.2) is 0 Å². The maximum Gasteiger partial charge on any atom is 0.137 e. The average Bonchev–Trinajstić information content (AvgIpc) is 2.72. The van der Waals surface area contributed by atoms with Gasteiger partial charge in [-0.2, -0.15) is 0 Å². The van der Waals surface area contributed by atoms with E-state index in [1.54, 1.807) is 7.11 Å². The van der Waals surface area contributed by atoms with E-state index < -0.39 is 0 Å². The number of halogens is 1. The van der Waals surface area contributed by atoms with E-state index in [1.807, 2.05) is 18.2 Å². The second kappa shape index (κ2) is 5.70. The van der Waals surface area contributed by atoms with Crippen LogP contribution in [0.4, 0.5) is 0 Å². The van der Waals surface area contributed by atoms with E-state index in [4.69, 9.17) is 22.2 Å². The molecule has 0 bridgehead atoms. The minimum absolute atomic E-state index is 0.142. The van der Waals surface area contributed by atoms with Crippen LogP contribution in [-0.4, -0.2) is 7.11 Å². The number of hydrogen-bond acceptors (Lipinski definition) is 3. The molecule has 0 amide bonds. The lowest BCUT2D eigenvalue weighted by molar-refractivity contribution is 0.198. The van der Waals surface area contributed by atoms with Gasteiger partial charge in [-0.1, -0.05) is 37.9 Å². The van der Waals surface area contributed by atoms with Crippen LogP contribution >= 0.6 is 11.6 Å². The molecule has 3 nitrogen and oxygen atoms in total. The molecule has 0 radical (unpaired) electrons. The van der Waals surface area contributed by atoms with Gasteiger partial charge < -0.3 is 4.74 Å². The Morgan fingerprint density at radius 3 is 2.74 bits per heavy atom. The number of ether oxygens (including phenoxy) is 1. The van der Waals surface area contributed by atoms with Crippen LogP contribution in [0.5, 0.6) is 5.75 Å². The fourth-order valence-corrected chi connectivity index (χ4v) is 3.48. The van der Waals surface area contributed by atoms with Gasteiger partial charge >= 0.3 is 0 Å². The number of rotatable bonds is 4. The molecule has 2 rings (SSSR count). The lowest BCUT2D eigenvalue weighted by atomic mass is 9.75. The molecule has 3 N–H and O–H groups in total. The fraction of sp³-hybridized carbons (Fsp3) is 0.600. The summed E-state index contributed by atoms with van der Waals surface area (Å²) >= 11 is 6.08. The quantitative estimate of drug-likeness (QED) is 0.654. The van der Waals surface area contributed by atoms with Crippen molar-refractivity contribution in [2.24, 2.45) is 17.2 Å². The summed E-state index contributed by atoms with van der Waals surface area (Å²) in [6.07, 6.45) is 3.72. The summed E-state index contributed by atoms with van der Waals surface area (Å²) in [6.45, 7) is 4.64. The van der Waals surface area contributed by atoms with E-state index >= 15 is 0 Å². The third-order valence-corrected chi connectivity index (χ3v) is 4.77. The van der Waals surface area contributed by atoms with Crippen LogP contribution < -0.4 is 16.0 Å². The zero-order valence-electron chi connectivity index (χ0n) is 11.9. The Morgan fingerprint density at radius 1 is 1.47 bits per heavy atom. The number of nitrogens with one attached hydrogen (secondary N) is 1. The van der Waals surface area contributed by atoms with Crippen LogP contribution in [0.2, 0.25) is 5.02 Å². The van der Waals surface area contributed by atoms with Gasteiger partial charge in [0.1, 0.15) is 5.75 Å². The van der Waals surface area contributed by atoms with Crippen LogP contribution in [0, 0.1) is 11.3 Å². The second-order valence-electron chi connectivity index (χ2n) is 6.03. The van der Waals surface area contributed by atoms with Crippen LogP contribution in [0.15, 0.2) is 18.2 Å². The van der Waals surface area contributed by atoms with Crippen LogP contribution in [0.3, 0.4) is 0 Å². The van der Waals surface area contributed by atoms with Gasteiger partial charge in [0.05, 0.1) is 12.1 Å². The molecular formula is C15H23ClN2O. The molecule has 0 heterocycles. The molecule has 1 aromatic carbocycles. The molecule has 2 atom stereocenters. The zero-order valence-corrected chi connectivity index (χ0v) is 12.6. The van der Waals surface area contributed by atoms with Crippen molar-refractivity contribution in [2.45, 2.75) is 39.2 Å². The summed E-state index contributed by atoms with van der Waals surface area (Å²) in [4.78, 5) is 0. The van der Waals surface area contributed by atoms with Gasteiger partial charge in [-0.05, 0) is 41.9 Å². The number of benzene rings is 1. The van der Waals surface area contributed by atoms with Gasteiger partial charge in [0.25, 0.3) is 0 Å². The normalized spacial score (nSPS) is 23.3. The van der Waals surface area contributed by atoms with E-state index in [0.29, 0.717) is 22.1 Å². The standard InChI is InChI=1S/C15H23ClN2O/c1-15(2)8-4-5-11(15)14(18-17)10-6-7-12(16)13(9-10)19-3/h6-7,9,11,14,18H,4-5,8,17H2,1-3H3. The lowest BCUT2D eigenvalue weighted by Gasteiger charge is -2.34. The maximum absolute atomic E-state index is 6.08. The predicted molar refractivity (Wildman–Crippen MR) is 79.2 cm³/mol. The minimum Gasteiger partial charge on any atom is -0.495 e. The summed E-state index contributed by atoms with van der Waals surface area (Å²) < 4.78 is 5.29. The van der Waals surface area contributed by atoms with Crippen molar-refractivity contribution < 1.29 is 4.74 Å². The first kappa shape index (κ1) is 14.6. The second-order valence-corrected chi connectivity index (χ2v) is 6.43. The molecule has 1 aliphatic carbocycles. The molecule has 1 aliphatic rings. The summed E-state index contributed by atoms with van der Waals surface area (Å²) in [5.74, 6) is 7.05. The average molecular weight is 283 g/mol. The van der Waals surface area contributed by atoms with E-state index in [1.165, 1.54) is 19.3 Å². The van der Waals surface area contributed by atoms with Crippen molar-refractivity contribution in [1.29, 1.82) is 0 Å². The highest BCUT2D eigenvalue weighted by Gasteiger charge is 2.39. The van der Waals surface area contributed by atoms with Gasteiger partial charge in [0.2, 0.25) is 0 Å². The Kier molecular flexibility index (Phi) is 4.39. The van der Waals surface area contributed by atoms with Crippen LogP contribution in [0.1, 0.15) is 44.7 Å². The molecule has 106 valence electrons. The Morgan fingerprint density at radius 2 is 2.21 bits per heavy atom. The number of hydrogen-bond donors (Lipinski definition) is 2. The molecule has 0 aliphatic heterocycles. The van der Waals surface area contributed by atoms with Crippen molar-refractivity contribution >= 4 is 11.6 Å². The largest absolute Gasteiger partial charge is 0.495 e. The zero-order chi connectivity index (χ0) is 14.0. The molecule has 0 spiro atoms. The van der Waals surface area contributed by atoms with Crippen LogP contribution in [0.25, 0.3) is 0 Å². The van der Waals surface area contributed by atoms with E-state index in [-0.39, 0.29) is 6.04 Å². The first-order chi connectivity index (χ1) is 8.99. The smallest absolute Gasteiger partial charge is 0.137 e. The summed E-state index contributed by atoms with van der Waals surface area (Å²) in [6, 6.07) is 6.04. The highest BCUT2D eigenvalue weighted by molar-refractivity contribution is 6.32. The first-order valence-electron chi connectivity index (χ1n) is 6.79. The van der Waals surface area contributed by atoms with Crippen molar-refractivity contribution in [3.63, 3.8) is 0 Å². The molecule has 4 heteroatoms. The molecule has 1 aromatic rings. The summed E-state index contributed by atoms with van der Waals surface area (Å²) in [5.41, 5.74) is 4.44. The van der Waals surface area contributed by atoms with Crippen molar-refractivity contribution in [3.8, 4) is 5.75 Å². The van der Waals surface area contributed by atoms with Crippen molar-refractivity contribution in [2.75, 3.05) is 7.11 Å². The SMILES string of the molecule is COc1cc(C(NN)C2CCCC2(C)C)ccc1Cl. The van der Waals surface area contributed by atoms with Gasteiger partial charge in [-0.3, -0.25) is 11.3 Å². The summed E-state index contributed by atoms with van der Waals surface area (Å²) in [5, 5.41) is 0.632. The third kappa shape index (κ3) is 2.88. The maximum atomic E-state index is 6.08. The number of methoxy groups -OCH3 is 1. The Hall–Kier alpha value is -0.770. The topological polar surface area (TPSA) is 47.3 Å². The Bertz CT molecular complexity index is 448. The molecule has 2 unspecified atom stereocenters. The number of nitrogens with two attached hydrogens (primary N) is 1. The highest BCUT2D eigenvalue weighted by Crippen LogP contribution is 2.48. The Balaban J connectivity index is 2.32. The summed E-state index contributed by atoms with van der Waals surface area (Å²) in [7, 11) is 1.63.